The minimum absolute atomic E-state index is 0.0104. The van der Waals surface area contributed by atoms with Gasteiger partial charge in [-0.15, -0.1) is 0 Å². The van der Waals surface area contributed by atoms with Crippen molar-refractivity contribution in [1.29, 1.82) is 0 Å². The van der Waals surface area contributed by atoms with E-state index >= 15 is 0 Å². The molecule has 1 saturated heterocycles. The van der Waals surface area contributed by atoms with E-state index in [0.29, 0.717) is 18.8 Å². The minimum atomic E-state index is -0.352. The molecular formula is C21H24N2O3. The molecule has 5 heteroatoms. The molecule has 0 aromatic heterocycles. The summed E-state index contributed by atoms with van der Waals surface area (Å²) in [7, 11) is 0. The van der Waals surface area contributed by atoms with E-state index in [-0.39, 0.29) is 24.2 Å². The molecule has 1 atom stereocenters. The molecule has 136 valence electrons. The molecule has 1 fully saturated rings. The number of hydrogen-bond acceptors (Lipinski definition) is 3. The molecule has 0 radical (unpaired) electrons. The van der Waals surface area contributed by atoms with E-state index < -0.39 is 0 Å². The first-order valence-electron chi connectivity index (χ1n) is 8.89. The molecule has 1 unspecified atom stereocenters. The van der Waals surface area contributed by atoms with Crippen LogP contribution in [-0.2, 0) is 9.59 Å². The van der Waals surface area contributed by atoms with Crippen LogP contribution >= 0.6 is 0 Å². The number of rotatable bonds is 5. The van der Waals surface area contributed by atoms with Crippen molar-refractivity contribution in [3.8, 4) is 5.75 Å². The molecule has 0 aliphatic carbocycles. The van der Waals surface area contributed by atoms with Crippen molar-refractivity contribution in [3.05, 3.63) is 53.6 Å². The molecule has 5 nitrogen and oxygen atoms in total. The largest absolute Gasteiger partial charge is 0.494 e. The summed E-state index contributed by atoms with van der Waals surface area (Å²) >= 11 is 0. The Kier molecular flexibility index (Phi) is 5.26. The first-order valence-corrected chi connectivity index (χ1v) is 8.89. The molecule has 2 aromatic rings. The van der Waals surface area contributed by atoms with E-state index in [9.17, 15) is 9.59 Å². The summed E-state index contributed by atoms with van der Waals surface area (Å²) in [5.41, 5.74) is 3.79. The maximum Gasteiger partial charge on any atom is 0.229 e. The molecule has 0 bridgehead atoms. The van der Waals surface area contributed by atoms with Gasteiger partial charge in [0.15, 0.2) is 0 Å². The third-order valence-corrected chi connectivity index (χ3v) is 4.57. The Balaban J connectivity index is 1.66. The minimum Gasteiger partial charge on any atom is -0.494 e. The summed E-state index contributed by atoms with van der Waals surface area (Å²) in [6, 6.07) is 13.2. The lowest BCUT2D eigenvalue weighted by Crippen LogP contribution is -2.28. The Morgan fingerprint density at radius 3 is 2.58 bits per heavy atom. The summed E-state index contributed by atoms with van der Waals surface area (Å²) in [4.78, 5) is 26.7. The van der Waals surface area contributed by atoms with Gasteiger partial charge in [-0.05, 0) is 56.7 Å². The van der Waals surface area contributed by atoms with E-state index in [1.54, 1.807) is 4.90 Å². The van der Waals surface area contributed by atoms with Crippen LogP contribution in [0.15, 0.2) is 42.5 Å². The van der Waals surface area contributed by atoms with Gasteiger partial charge in [0.2, 0.25) is 11.8 Å². The number of nitrogens with zero attached hydrogens (tertiary/aromatic N) is 1. The number of amides is 2. The van der Waals surface area contributed by atoms with Crippen molar-refractivity contribution < 1.29 is 14.3 Å². The highest BCUT2D eigenvalue weighted by Crippen LogP contribution is 2.29. The van der Waals surface area contributed by atoms with Gasteiger partial charge >= 0.3 is 0 Å². The van der Waals surface area contributed by atoms with Gasteiger partial charge in [0, 0.05) is 24.3 Å². The third-order valence-electron chi connectivity index (χ3n) is 4.57. The van der Waals surface area contributed by atoms with Crippen LogP contribution in [0.4, 0.5) is 11.4 Å². The van der Waals surface area contributed by atoms with Gasteiger partial charge in [-0.1, -0.05) is 17.7 Å². The number of anilines is 2. The molecule has 1 N–H and O–H groups in total. The molecule has 1 heterocycles. The lowest BCUT2D eigenvalue weighted by atomic mass is 10.1. The Hall–Kier alpha value is -2.82. The highest BCUT2D eigenvalue weighted by Gasteiger charge is 2.35. The first-order chi connectivity index (χ1) is 12.5. The van der Waals surface area contributed by atoms with Crippen LogP contribution in [0.3, 0.4) is 0 Å². The van der Waals surface area contributed by atoms with Crippen LogP contribution < -0.4 is 15.0 Å². The standard InChI is InChI=1S/C21H24N2O3/c1-4-26-18-8-6-17(7-9-18)22-21(25)16-12-20(24)23(13-16)19-10-5-14(2)11-15(19)3/h5-11,16H,4,12-13H2,1-3H3,(H,22,25). The van der Waals surface area contributed by atoms with Gasteiger partial charge in [-0.2, -0.15) is 0 Å². The molecule has 1 aliphatic rings. The zero-order valence-electron chi connectivity index (χ0n) is 15.4. The zero-order chi connectivity index (χ0) is 18.7. The molecular weight excluding hydrogens is 328 g/mol. The van der Waals surface area contributed by atoms with Crippen LogP contribution in [0.5, 0.6) is 5.75 Å². The number of hydrogen-bond donors (Lipinski definition) is 1. The van der Waals surface area contributed by atoms with E-state index in [0.717, 1.165) is 22.6 Å². The van der Waals surface area contributed by atoms with Crippen LogP contribution in [-0.4, -0.2) is 25.0 Å². The quantitative estimate of drug-likeness (QED) is 0.893. The van der Waals surface area contributed by atoms with Gasteiger partial charge in [0.1, 0.15) is 5.75 Å². The Bertz CT molecular complexity index is 815. The number of ether oxygens (including phenoxy) is 1. The van der Waals surface area contributed by atoms with E-state index in [2.05, 4.69) is 11.4 Å². The molecule has 3 rings (SSSR count). The second-order valence-corrected chi connectivity index (χ2v) is 6.64. The predicted octanol–water partition coefficient (Wildman–Crippen LogP) is 3.69. The Labute approximate surface area is 154 Å². The van der Waals surface area contributed by atoms with Gasteiger partial charge in [0.25, 0.3) is 0 Å². The second-order valence-electron chi connectivity index (χ2n) is 6.64. The SMILES string of the molecule is CCOc1ccc(NC(=O)C2CC(=O)N(c3ccc(C)cc3C)C2)cc1. The average molecular weight is 352 g/mol. The fraction of sp³-hybridized carbons (Fsp3) is 0.333. The molecule has 26 heavy (non-hydrogen) atoms. The second kappa shape index (κ2) is 7.60. The van der Waals surface area contributed by atoms with Crippen molar-refractivity contribution in [1.82, 2.24) is 0 Å². The fourth-order valence-corrected chi connectivity index (χ4v) is 3.27. The number of carbonyl (C=O) groups is 2. The average Bonchev–Trinajstić information content (AvgIpc) is 2.99. The normalized spacial score (nSPS) is 16.7. The van der Waals surface area contributed by atoms with Crippen LogP contribution in [0, 0.1) is 19.8 Å². The molecule has 2 amide bonds. The molecule has 1 aliphatic heterocycles. The molecule has 0 spiro atoms. The topological polar surface area (TPSA) is 58.6 Å². The van der Waals surface area contributed by atoms with E-state index in [1.807, 2.05) is 57.2 Å². The van der Waals surface area contributed by atoms with Gasteiger partial charge in [0.05, 0.1) is 12.5 Å². The summed E-state index contributed by atoms with van der Waals surface area (Å²) in [6.45, 7) is 6.95. The number of nitrogens with one attached hydrogen (secondary N) is 1. The Morgan fingerprint density at radius 2 is 1.92 bits per heavy atom. The summed E-state index contributed by atoms with van der Waals surface area (Å²) < 4.78 is 5.40. The van der Waals surface area contributed by atoms with Gasteiger partial charge in [-0.25, -0.2) is 0 Å². The third kappa shape index (κ3) is 3.87. The van der Waals surface area contributed by atoms with Crippen molar-refractivity contribution in [2.75, 3.05) is 23.4 Å². The maximum atomic E-state index is 12.6. The van der Waals surface area contributed by atoms with Crippen LogP contribution in [0.2, 0.25) is 0 Å². The van der Waals surface area contributed by atoms with Gasteiger partial charge < -0.3 is 15.0 Å². The number of carbonyl (C=O) groups excluding carboxylic acids is 2. The van der Waals surface area contributed by atoms with Gasteiger partial charge in [-0.3, -0.25) is 9.59 Å². The van der Waals surface area contributed by atoms with Crippen molar-refractivity contribution >= 4 is 23.2 Å². The fourth-order valence-electron chi connectivity index (χ4n) is 3.27. The number of aryl methyl sites for hydroxylation is 2. The highest BCUT2D eigenvalue weighted by atomic mass is 16.5. The molecule has 0 saturated carbocycles. The van der Waals surface area contributed by atoms with Crippen molar-refractivity contribution in [2.45, 2.75) is 27.2 Å². The van der Waals surface area contributed by atoms with E-state index in [1.165, 1.54) is 0 Å². The summed E-state index contributed by atoms with van der Waals surface area (Å²) in [6.07, 6.45) is 0.232. The maximum absolute atomic E-state index is 12.6. The van der Waals surface area contributed by atoms with Crippen molar-refractivity contribution in [3.63, 3.8) is 0 Å². The van der Waals surface area contributed by atoms with E-state index in [4.69, 9.17) is 4.74 Å². The lowest BCUT2D eigenvalue weighted by molar-refractivity contribution is -0.122. The van der Waals surface area contributed by atoms with Crippen LogP contribution in [0.25, 0.3) is 0 Å². The Morgan fingerprint density at radius 1 is 1.19 bits per heavy atom. The lowest BCUT2D eigenvalue weighted by Gasteiger charge is -2.19. The molecule has 2 aromatic carbocycles. The number of benzene rings is 2. The van der Waals surface area contributed by atoms with Crippen LogP contribution in [0.1, 0.15) is 24.5 Å². The predicted molar refractivity (Wildman–Crippen MR) is 103 cm³/mol. The zero-order valence-corrected chi connectivity index (χ0v) is 15.4. The highest BCUT2D eigenvalue weighted by molar-refractivity contribution is 6.03. The monoisotopic (exact) mass is 352 g/mol. The first kappa shape index (κ1) is 18.0. The summed E-state index contributed by atoms with van der Waals surface area (Å²) in [5, 5.41) is 2.90. The van der Waals surface area contributed by atoms with Crippen molar-refractivity contribution in [2.24, 2.45) is 5.92 Å². The summed E-state index contributed by atoms with van der Waals surface area (Å²) in [5.74, 6) is 0.274. The smallest absolute Gasteiger partial charge is 0.229 e.